The van der Waals surface area contributed by atoms with E-state index in [2.05, 4.69) is 0 Å². The zero-order chi connectivity index (χ0) is 15.5. The number of ether oxygens (including phenoxy) is 4. The molecule has 0 spiro atoms. The molecule has 2 aromatic carbocycles. The van der Waals surface area contributed by atoms with Crippen LogP contribution in [0.25, 0.3) is 0 Å². The first-order valence-corrected chi connectivity index (χ1v) is 7.35. The lowest BCUT2D eigenvalue weighted by molar-refractivity contribution is 0.0541. The van der Waals surface area contributed by atoms with Gasteiger partial charge in [-0.25, -0.2) is 0 Å². The van der Waals surface area contributed by atoms with Gasteiger partial charge in [-0.2, -0.15) is 0 Å². The quantitative estimate of drug-likeness (QED) is 0.631. The molecule has 0 aliphatic heterocycles. The van der Waals surface area contributed by atoms with Crippen LogP contribution in [0.1, 0.15) is 5.56 Å². The van der Waals surface area contributed by atoms with Crippen LogP contribution in [-0.4, -0.2) is 33.5 Å². The van der Waals surface area contributed by atoms with Crippen molar-refractivity contribution in [1.29, 1.82) is 0 Å². The summed E-state index contributed by atoms with van der Waals surface area (Å²) in [6.45, 7) is 2.70. The average molecular weight is 302 g/mol. The molecule has 0 fully saturated rings. The van der Waals surface area contributed by atoms with Crippen LogP contribution in [-0.2, 0) is 16.1 Å². The van der Waals surface area contributed by atoms with E-state index in [-0.39, 0.29) is 0 Å². The van der Waals surface area contributed by atoms with Gasteiger partial charge in [-0.15, -0.1) is 0 Å². The molecule has 0 N–H and O–H groups in total. The molecule has 0 saturated heterocycles. The maximum Gasteiger partial charge on any atom is 0.126 e. The summed E-state index contributed by atoms with van der Waals surface area (Å²) in [7, 11) is 1.66. The summed E-state index contributed by atoms with van der Waals surface area (Å²) in [5, 5.41) is 0. The van der Waals surface area contributed by atoms with E-state index in [1.165, 1.54) is 0 Å². The van der Waals surface area contributed by atoms with Crippen molar-refractivity contribution in [2.24, 2.45) is 0 Å². The predicted molar refractivity (Wildman–Crippen MR) is 85.4 cm³/mol. The third kappa shape index (κ3) is 5.76. The number of benzene rings is 2. The highest BCUT2D eigenvalue weighted by Gasteiger charge is 2.04. The summed E-state index contributed by atoms with van der Waals surface area (Å²) in [5.74, 6) is 1.67. The zero-order valence-corrected chi connectivity index (χ0v) is 12.9. The standard InChI is InChI=1S/C18H22O4/c1-19-11-12-20-13-14-21-18-10-6-5-7-16(18)15-22-17-8-3-2-4-9-17/h2-10H,11-15H2,1H3. The molecule has 0 saturated carbocycles. The molecule has 4 heteroatoms. The minimum absolute atomic E-state index is 0.477. The van der Waals surface area contributed by atoms with Gasteiger partial charge in [0.1, 0.15) is 24.7 Å². The van der Waals surface area contributed by atoms with Gasteiger partial charge in [-0.05, 0) is 18.2 Å². The lowest BCUT2D eigenvalue weighted by atomic mass is 10.2. The summed E-state index contributed by atoms with van der Waals surface area (Å²) in [5.41, 5.74) is 1.02. The second-order valence-corrected chi connectivity index (χ2v) is 4.66. The van der Waals surface area contributed by atoms with Crippen LogP contribution in [0, 0.1) is 0 Å². The lowest BCUT2D eigenvalue weighted by Crippen LogP contribution is -2.11. The monoisotopic (exact) mass is 302 g/mol. The van der Waals surface area contributed by atoms with Crippen molar-refractivity contribution in [2.45, 2.75) is 6.61 Å². The molecule has 22 heavy (non-hydrogen) atoms. The highest BCUT2D eigenvalue weighted by molar-refractivity contribution is 5.33. The van der Waals surface area contributed by atoms with Crippen molar-refractivity contribution in [3.05, 3.63) is 60.2 Å². The van der Waals surface area contributed by atoms with Crippen LogP contribution in [0.15, 0.2) is 54.6 Å². The van der Waals surface area contributed by atoms with E-state index in [1.54, 1.807) is 7.11 Å². The Labute approximate surface area is 131 Å². The van der Waals surface area contributed by atoms with E-state index in [1.807, 2.05) is 54.6 Å². The fourth-order valence-electron chi connectivity index (χ4n) is 1.90. The Morgan fingerprint density at radius 3 is 2.27 bits per heavy atom. The minimum Gasteiger partial charge on any atom is -0.491 e. The van der Waals surface area contributed by atoms with E-state index in [4.69, 9.17) is 18.9 Å². The summed E-state index contributed by atoms with van der Waals surface area (Å²) < 4.78 is 21.8. The molecular formula is C18H22O4. The Morgan fingerprint density at radius 1 is 0.727 bits per heavy atom. The van der Waals surface area contributed by atoms with Gasteiger partial charge in [-0.1, -0.05) is 36.4 Å². The molecule has 4 nitrogen and oxygen atoms in total. The topological polar surface area (TPSA) is 36.9 Å². The molecule has 0 radical (unpaired) electrons. The van der Waals surface area contributed by atoms with Crippen molar-refractivity contribution in [3.63, 3.8) is 0 Å². The number of rotatable bonds is 10. The zero-order valence-electron chi connectivity index (χ0n) is 12.9. The number of hydrogen-bond acceptors (Lipinski definition) is 4. The highest BCUT2D eigenvalue weighted by atomic mass is 16.5. The SMILES string of the molecule is COCCOCCOc1ccccc1COc1ccccc1. The van der Waals surface area contributed by atoms with Gasteiger partial charge in [0.15, 0.2) is 0 Å². The Hall–Kier alpha value is -2.04. The molecule has 0 amide bonds. The maximum absolute atomic E-state index is 5.76. The van der Waals surface area contributed by atoms with Gasteiger partial charge in [-0.3, -0.25) is 0 Å². The molecular weight excluding hydrogens is 280 g/mol. The van der Waals surface area contributed by atoms with Crippen molar-refractivity contribution in [2.75, 3.05) is 33.5 Å². The molecule has 0 bridgehead atoms. The van der Waals surface area contributed by atoms with Gasteiger partial charge >= 0.3 is 0 Å². The molecule has 0 aromatic heterocycles. The molecule has 0 atom stereocenters. The number of hydrogen-bond donors (Lipinski definition) is 0. The number of methoxy groups -OCH3 is 1. The largest absolute Gasteiger partial charge is 0.491 e. The fourth-order valence-corrected chi connectivity index (χ4v) is 1.90. The Bertz CT molecular complexity index is 528. The normalized spacial score (nSPS) is 10.4. The smallest absolute Gasteiger partial charge is 0.126 e. The van der Waals surface area contributed by atoms with Gasteiger partial charge in [0.25, 0.3) is 0 Å². The van der Waals surface area contributed by atoms with Crippen molar-refractivity contribution in [3.8, 4) is 11.5 Å². The third-order valence-electron chi connectivity index (χ3n) is 3.03. The van der Waals surface area contributed by atoms with Crippen LogP contribution >= 0.6 is 0 Å². The maximum atomic E-state index is 5.76. The Kier molecular flexibility index (Phi) is 7.29. The van der Waals surface area contributed by atoms with Crippen molar-refractivity contribution >= 4 is 0 Å². The second-order valence-electron chi connectivity index (χ2n) is 4.66. The lowest BCUT2D eigenvalue weighted by Gasteiger charge is -2.12. The fraction of sp³-hybridized carbons (Fsp3) is 0.333. The van der Waals surface area contributed by atoms with Crippen molar-refractivity contribution in [1.82, 2.24) is 0 Å². The molecule has 2 aromatic rings. The number of para-hydroxylation sites is 2. The first-order chi connectivity index (χ1) is 10.9. The average Bonchev–Trinajstić information content (AvgIpc) is 2.58. The van der Waals surface area contributed by atoms with E-state index in [9.17, 15) is 0 Å². The summed E-state index contributed by atoms with van der Waals surface area (Å²) in [4.78, 5) is 0. The van der Waals surface area contributed by atoms with Gasteiger partial charge in [0.2, 0.25) is 0 Å². The Balaban J connectivity index is 1.79. The Morgan fingerprint density at radius 2 is 1.45 bits per heavy atom. The van der Waals surface area contributed by atoms with Crippen LogP contribution in [0.5, 0.6) is 11.5 Å². The molecule has 0 heterocycles. The molecule has 0 unspecified atom stereocenters. The van der Waals surface area contributed by atoms with E-state index in [0.29, 0.717) is 33.0 Å². The van der Waals surface area contributed by atoms with Gasteiger partial charge < -0.3 is 18.9 Å². The van der Waals surface area contributed by atoms with Crippen molar-refractivity contribution < 1.29 is 18.9 Å². The van der Waals surface area contributed by atoms with E-state index >= 15 is 0 Å². The van der Waals surface area contributed by atoms with Gasteiger partial charge in [0.05, 0.1) is 19.8 Å². The molecule has 0 aliphatic carbocycles. The third-order valence-corrected chi connectivity index (χ3v) is 3.03. The first kappa shape index (κ1) is 16.3. The minimum atomic E-state index is 0.477. The summed E-state index contributed by atoms with van der Waals surface area (Å²) in [6, 6.07) is 17.6. The summed E-state index contributed by atoms with van der Waals surface area (Å²) >= 11 is 0. The summed E-state index contributed by atoms with van der Waals surface area (Å²) in [6.07, 6.45) is 0. The van der Waals surface area contributed by atoms with Crippen LogP contribution < -0.4 is 9.47 Å². The van der Waals surface area contributed by atoms with Crippen LogP contribution in [0.2, 0.25) is 0 Å². The molecule has 2 rings (SSSR count). The highest BCUT2D eigenvalue weighted by Crippen LogP contribution is 2.20. The first-order valence-electron chi connectivity index (χ1n) is 7.35. The molecule has 0 aliphatic rings. The second kappa shape index (κ2) is 9.82. The van der Waals surface area contributed by atoms with Crippen LogP contribution in [0.4, 0.5) is 0 Å². The van der Waals surface area contributed by atoms with Crippen LogP contribution in [0.3, 0.4) is 0 Å². The van der Waals surface area contributed by atoms with Gasteiger partial charge in [0, 0.05) is 12.7 Å². The molecule has 118 valence electrons. The predicted octanol–water partition coefficient (Wildman–Crippen LogP) is 3.31. The van der Waals surface area contributed by atoms with E-state index in [0.717, 1.165) is 17.1 Å². The van der Waals surface area contributed by atoms with E-state index < -0.39 is 0 Å².